The number of para-hydroxylation sites is 1. The predicted octanol–water partition coefficient (Wildman–Crippen LogP) is 6.57. The number of ether oxygens (including phenoxy) is 1. The second-order valence-electron chi connectivity index (χ2n) is 9.45. The first kappa shape index (κ1) is 25.9. The number of carbonyl (C=O) groups is 2. The van der Waals surface area contributed by atoms with Crippen molar-refractivity contribution in [3.63, 3.8) is 0 Å². The Morgan fingerprint density at radius 1 is 1.13 bits per heavy atom. The molecular formula is C30H26Cl2N2O4. The van der Waals surface area contributed by atoms with E-state index in [1.807, 2.05) is 24.3 Å². The maximum absolute atomic E-state index is 14.7. The summed E-state index contributed by atoms with van der Waals surface area (Å²) < 4.78 is 5.36. The lowest BCUT2D eigenvalue weighted by Crippen LogP contribution is -2.48. The normalized spacial score (nSPS) is 22.6. The number of aromatic hydroxyl groups is 1. The number of allylic oxidation sites excluding steroid dienone is 3. The van der Waals surface area contributed by atoms with Crippen LogP contribution >= 0.6 is 23.2 Å². The third-order valence-corrected chi connectivity index (χ3v) is 8.10. The Hall–Kier alpha value is -3.74. The van der Waals surface area contributed by atoms with Crippen LogP contribution in [0.2, 0.25) is 10.0 Å². The standard InChI is InChI=1S/C30H26Cl2N2O4/c1-4-18-8-14-23-28(36)34(33-25-15-11-20(31)16-24(25)32)29(37)30(23,19-9-12-21(38-3)13-10-19)26(18)22-7-5-6-17(2)27(22)35/h4-13,15-16,23,26,33,35H,1,14H2,2-3H3/t23-,26+,30+/m0/s1. The number of rotatable bonds is 6. The van der Waals surface area contributed by atoms with E-state index in [0.29, 0.717) is 39.6 Å². The molecule has 1 aliphatic carbocycles. The number of anilines is 1. The van der Waals surface area contributed by atoms with Crippen LogP contribution in [-0.4, -0.2) is 29.0 Å². The number of carbonyl (C=O) groups excluding carboxylic acids is 2. The molecule has 3 aromatic carbocycles. The number of benzene rings is 3. The minimum atomic E-state index is -1.38. The molecule has 2 amide bonds. The van der Waals surface area contributed by atoms with Crippen molar-refractivity contribution in [2.45, 2.75) is 24.7 Å². The molecule has 3 atom stereocenters. The monoisotopic (exact) mass is 548 g/mol. The molecule has 3 aromatic rings. The Morgan fingerprint density at radius 3 is 2.53 bits per heavy atom. The summed E-state index contributed by atoms with van der Waals surface area (Å²) in [6.45, 7) is 5.80. The molecule has 2 N–H and O–H groups in total. The van der Waals surface area contributed by atoms with Gasteiger partial charge in [0.1, 0.15) is 11.5 Å². The van der Waals surface area contributed by atoms with Crippen LogP contribution in [0, 0.1) is 12.8 Å². The highest BCUT2D eigenvalue weighted by atomic mass is 35.5. The number of hydrazine groups is 1. The Kier molecular flexibility index (Phi) is 6.72. The molecule has 5 rings (SSSR count). The van der Waals surface area contributed by atoms with Crippen LogP contribution in [0.5, 0.6) is 11.5 Å². The van der Waals surface area contributed by atoms with E-state index in [-0.39, 0.29) is 10.8 Å². The van der Waals surface area contributed by atoms with Crippen LogP contribution in [0.15, 0.2) is 85.0 Å². The van der Waals surface area contributed by atoms with Crippen LogP contribution < -0.4 is 10.2 Å². The van der Waals surface area contributed by atoms with E-state index < -0.39 is 29.1 Å². The first-order valence-corrected chi connectivity index (χ1v) is 12.8. The zero-order valence-corrected chi connectivity index (χ0v) is 22.4. The van der Waals surface area contributed by atoms with Gasteiger partial charge in [-0.25, -0.2) is 0 Å². The zero-order chi connectivity index (χ0) is 27.2. The minimum absolute atomic E-state index is 0.0752. The van der Waals surface area contributed by atoms with Gasteiger partial charge in [-0.05, 0) is 60.4 Å². The van der Waals surface area contributed by atoms with Crippen molar-refractivity contribution in [2.75, 3.05) is 12.5 Å². The van der Waals surface area contributed by atoms with Crippen LogP contribution in [0.1, 0.15) is 29.0 Å². The minimum Gasteiger partial charge on any atom is -0.507 e. The van der Waals surface area contributed by atoms with Crippen LogP contribution in [0.4, 0.5) is 5.69 Å². The number of imide groups is 1. The van der Waals surface area contributed by atoms with Gasteiger partial charge in [0.15, 0.2) is 0 Å². The highest BCUT2D eigenvalue weighted by Gasteiger charge is 2.66. The fraction of sp³-hybridized carbons (Fsp3) is 0.200. The van der Waals surface area contributed by atoms with Gasteiger partial charge < -0.3 is 9.84 Å². The van der Waals surface area contributed by atoms with Crippen molar-refractivity contribution in [1.29, 1.82) is 0 Å². The zero-order valence-electron chi connectivity index (χ0n) is 20.9. The lowest BCUT2D eigenvalue weighted by Gasteiger charge is -2.43. The Bertz CT molecular complexity index is 1480. The molecule has 0 unspecified atom stereocenters. The largest absolute Gasteiger partial charge is 0.507 e. The summed E-state index contributed by atoms with van der Waals surface area (Å²) >= 11 is 12.4. The van der Waals surface area contributed by atoms with Crippen LogP contribution in [0.25, 0.3) is 0 Å². The highest BCUT2D eigenvalue weighted by Crippen LogP contribution is 2.59. The predicted molar refractivity (Wildman–Crippen MR) is 149 cm³/mol. The van der Waals surface area contributed by atoms with E-state index in [4.69, 9.17) is 27.9 Å². The Balaban J connectivity index is 1.76. The SMILES string of the molecule is C=CC1=CC[C@H]2C(=O)N(Nc3ccc(Cl)cc3Cl)C(=O)[C@@]2(c2ccc(OC)cc2)[C@H]1c1cccc(C)c1O. The van der Waals surface area contributed by atoms with E-state index in [2.05, 4.69) is 12.0 Å². The van der Waals surface area contributed by atoms with E-state index in [0.717, 1.165) is 10.6 Å². The second-order valence-corrected chi connectivity index (χ2v) is 10.3. The average molecular weight is 549 g/mol. The number of hydrogen-bond acceptors (Lipinski definition) is 5. The van der Waals surface area contributed by atoms with Crippen molar-refractivity contribution >= 4 is 40.7 Å². The molecule has 0 spiro atoms. The summed E-state index contributed by atoms with van der Waals surface area (Å²) in [5.74, 6) is -1.60. The first-order chi connectivity index (χ1) is 18.2. The van der Waals surface area contributed by atoms with Gasteiger partial charge in [-0.3, -0.25) is 15.0 Å². The number of phenolic OH excluding ortho intramolecular Hbond substituents is 1. The number of hydrogen-bond donors (Lipinski definition) is 2. The van der Waals surface area contributed by atoms with Crippen molar-refractivity contribution < 1.29 is 19.4 Å². The number of nitrogens with one attached hydrogen (secondary N) is 1. The molecule has 38 heavy (non-hydrogen) atoms. The summed E-state index contributed by atoms with van der Waals surface area (Å²) in [6.07, 6.45) is 3.93. The lowest BCUT2D eigenvalue weighted by atomic mass is 9.56. The number of nitrogens with zero attached hydrogens (tertiary/aromatic N) is 1. The Morgan fingerprint density at radius 2 is 1.87 bits per heavy atom. The summed E-state index contributed by atoms with van der Waals surface area (Å²) in [5.41, 5.74) is 4.54. The quantitative estimate of drug-likeness (QED) is 0.341. The molecule has 1 heterocycles. The van der Waals surface area contributed by atoms with Crippen molar-refractivity contribution in [1.82, 2.24) is 5.01 Å². The first-order valence-electron chi connectivity index (χ1n) is 12.1. The maximum Gasteiger partial charge on any atom is 0.260 e. The molecule has 1 saturated heterocycles. The van der Waals surface area contributed by atoms with E-state index in [1.54, 1.807) is 56.5 Å². The topological polar surface area (TPSA) is 78.9 Å². The van der Waals surface area contributed by atoms with Gasteiger partial charge in [0.05, 0.1) is 29.2 Å². The summed E-state index contributed by atoms with van der Waals surface area (Å²) in [5, 5.41) is 12.9. The molecule has 0 radical (unpaired) electrons. The molecule has 8 heteroatoms. The van der Waals surface area contributed by atoms with Gasteiger partial charge in [-0.1, -0.05) is 72.3 Å². The van der Waals surface area contributed by atoms with Crippen LogP contribution in [0.3, 0.4) is 0 Å². The molecular weight excluding hydrogens is 523 g/mol. The average Bonchev–Trinajstić information content (AvgIpc) is 3.13. The second kappa shape index (κ2) is 9.86. The smallest absolute Gasteiger partial charge is 0.260 e. The lowest BCUT2D eigenvalue weighted by molar-refractivity contribution is -0.138. The highest BCUT2D eigenvalue weighted by molar-refractivity contribution is 6.36. The van der Waals surface area contributed by atoms with Crippen LogP contribution in [-0.2, 0) is 15.0 Å². The van der Waals surface area contributed by atoms with Crippen molar-refractivity contribution in [3.05, 3.63) is 112 Å². The van der Waals surface area contributed by atoms with Gasteiger partial charge in [0.25, 0.3) is 11.8 Å². The number of aryl methyl sites for hydroxylation is 1. The molecule has 6 nitrogen and oxygen atoms in total. The molecule has 1 aliphatic heterocycles. The van der Waals surface area contributed by atoms with E-state index >= 15 is 0 Å². The Labute approximate surface area is 231 Å². The number of methoxy groups -OCH3 is 1. The fourth-order valence-corrected chi connectivity index (χ4v) is 6.19. The molecule has 0 aromatic heterocycles. The van der Waals surface area contributed by atoms with E-state index in [1.165, 1.54) is 6.07 Å². The van der Waals surface area contributed by atoms with Crippen molar-refractivity contribution in [3.8, 4) is 11.5 Å². The summed E-state index contributed by atoms with van der Waals surface area (Å²) in [4.78, 5) is 28.6. The fourth-order valence-electron chi connectivity index (χ4n) is 5.74. The van der Waals surface area contributed by atoms with Gasteiger partial charge in [-0.2, -0.15) is 5.01 Å². The summed E-state index contributed by atoms with van der Waals surface area (Å²) in [6, 6.07) is 17.4. The van der Waals surface area contributed by atoms with E-state index in [9.17, 15) is 14.7 Å². The number of halogens is 2. The molecule has 194 valence electrons. The van der Waals surface area contributed by atoms with Crippen molar-refractivity contribution in [2.24, 2.45) is 5.92 Å². The molecule has 0 bridgehead atoms. The van der Waals surface area contributed by atoms with Gasteiger partial charge in [0, 0.05) is 16.5 Å². The third kappa shape index (κ3) is 3.87. The number of amides is 2. The van der Waals surface area contributed by atoms with Gasteiger partial charge in [-0.15, -0.1) is 0 Å². The molecule has 2 aliphatic rings. The number of fused-ring (bicyclic) bond motifs is 1. The molecule has 0 saturated carbocycles. The van der Waals surface area contributed by atoms with Gasteiger partial charge in [0.2, 0.25) is 0 Å². The van der Waals surface area contributed by atoms with Gasteiger partial charge >= 0.3 is 0 Å². The molecule has 1 fully saturated rings. The summed E-state index contributed by atoms with van der Waals surface area (Å²) in [7, 11) is 1.56. The third-order valence-electron chi connectivity index (χ3n) is 7.55. The number of phenols is 1. The maximum atomic E-state index is 14.7.